The Hall–Kier alpha value is -0.970. The molecule has 1 aliphatic heterocycles. The molecule has 0 spiro atoms. The van der Waals surface area contributed by atoms with Crippen LogP contribution in [0.1, 0.15) is 0 Å². The first-order valence-electron chi connectivity index (χ1n) is 6.18. The van der Waals surface area contributed by atoms with Crippen molar-refractivity contribution in [3.8, 4) is 11.5 Å². The van der Waals surface area contributed by atoms with Gasteiger partial charge < -0.3 is 14.7 Å². The first-order valence-corrected chi connectivity index (χ1v) is 6.56. The van der Waals surface area contributed by atoms with Crippen LogP contribution in [0.3, 0.4) is 0 Å². The minimum atomic E-state index is 0.0637. The number of benzene rings is 1. The van der Waals surface area contributed by atoms with Crippen molar-refractivity contribution in [1.82, 2.24) is 9.80 Å². The molecule has 4 nitrogen and oxygen atoms in total. The lowest BCUT2D eigenvalue weighted by atomic mass is 10.3. The third-order valence-electron chi connectivity index (χ3n) is 3.20. The van der Waals surface area contributed by atoms with Gasteiger partial charge in [-0.05, 0) is 19.2 Å². The molecule has 1 saturated heterocycles. The quantitative estimate of drug-likeness (QED) is 0.903. The monoisotopic (exact) mass is 270 g/mol. The second-order valence-corrected chi connectivity index (χ2v) is 4.96. The van der Waals surface area contributed by atoms with E-state index in [0.29, 0.717) is 12.4 Å². The molecular weight excluding hydrogens is 252 g/mol. The predicted molar refractivity (Wildman–Crippen MR) is 72.5 cm³/mol. The average Bonchev–Trinajstić information content (AvgIpc) is 2.37. The van der Waals surface area contributed by atoms with Crippen LogP contribution >= 0.6 is 11.6 Å². The van der Waals surface area contributed by atoms with E-state index in [2.05, 4.69) is 16.8 Å². The number of aromatic hydroxyl groups is 1. The maximum Gasteiger partial charge on any atom is 0.141 e. The molecule has 0 atom stereocenters. The predicted octanol–water partition coefficient (Wildman–Crippen LogP) is 1.67. The van der Waals surface area contributed by atoms with Gasteiger partial charge >= 0.3 is 0 Å². The molecule has 0 aromatic heterocycles. The van der Waals surface area contributed by atoms with Crippen LogP contribution in [0.15, 0.2) is 18.2 Å². The summed E-state index contributed by atoms with van der Waals surface area (Å²) in [4.78, 5) is 4.69. The fraction of sp³-hybridized carbons (Fsp3) is 0.538. The number of hydrogen-bond donors (Lipinski definition) is 1. The number of piperazine rings is 1. The Bertz CT molecular complexity index is 393. The topological polar surface area (TPSA) is 35.9 Å². The maximum absolute atomic E-state index is 9.45. The minimum Gasteiger partial charge on any atom is -0.506 e. The molecule has 1 fully saturated rings. The fourth-order valence-electron chi connectivity index (χ4n) is 1.97. The lowest BCUT2D eigenvalue weighted by Crippen LogP contribution is -2.45. The van der Waals surface area contributed by atoms with Crippen LogP contribution in [0.4, 0.5) is 0 Å². The highest BCUT2D eigenvalue weighted by Gasteiger charge is 2.13. The summed E-state index contributed by atoms with van der Waals surface area (Å²) in [6, 6.07) is 5.05. The van der Waals surface area contributed by atoms with Crippen LogP contribution in [0.25, 0.3) is 0 Å². The smallest absolute Gasteiger partial charge is 0.141 e. The van der Waals surface area contributed by atoms with Gasteiger partial charge in [-0.15, -0.1) is 0 Å². The lowest BCUT2D eigenvalue weighted by Gasteiger charge is -2.32. The van der Waals surface area contributed by atoms with E-state index in [1.54, 1.807) is 18.2 Å². The molecule has 2 rings (SSSR count). The Labute approximate surface area is 113 Å². The Kier molecular flexibility index (Phi) is 4.69. The third-order valence-corrected chi connectivity index (χ3v) is 3.58. The molecule has 1 aliphatic rings. The Balaban J connectivity index is 1.77. The van der Waals surface area contributed by atoms with E-state index in [1.807, 2.05) is 0 Å². The first-order chi connectivity index (χ1) is 8.66. The molecule has 1 aromatic rings. The zero-order chi connectivity index (χ0) is 13.0. The highest BCUT2D eigenvalue weighted by molar-refractivity contribution is 6.33. The molecule has 0 saturated carbocycles. The van der Waals surface area contributed by atoms with Gasteiger partial charge in [0.25, 0.3) is 0 Å². The summed E-state index contributed by atoms with van der Waals surface area (Å²) in [5.74, 6) is 0.611. The molecular formula is C13H19ClN2O2. The summed E-state index contributed by atoms with van der Waals surface area (Å²) in [5.41, 5.74) is 0. The number of phenols is 1. The van der Waals surface area contributed by atoms with E-state index in [9.17, 15) is 5.11 Å². The van der Waals surface area contributed by atoms with Gasteiger partial charge in [-0.3, -0.25) is 4.90 Å². The second kappa shape index (κ2) is 6.27. The normalized spacial score (nSPS) is 17.9. The van der Waals surface area contributed by atoms with Gasteiger partial charge in [0.1, 0.15) is 23.1 Å². The van der Waals surface area contributed by atoms with Crippen molar-refractivity contribution in [3.63, 3.8) is 0 Å². The van der Waals surface area contributed by atoms with Gasteiger partial charge in [0, 0.05) is 32.7 Å². The van der Waals surface area contributed by atoms with Crippen LogP contribution in [0, 0.1) is 0 Å². The Morgan fingerprint density at radius 1 is 1.28 bits per heavy atom. The van der Waals surface area contributed by atoms with E-state index >= 15 is 0 Å². The summed E-state index contributed by atoms with van der Waals surface area (Å²) in [5, 5.41) is 9.74. The van der Waals surface area contributed by atoms with Crippen LogP contribution in [0.2, 0.25) is 5.02 Å². The SMILES string of the molecule is CN1CCN(CCOc2cccc(O)c2Cl)CC1. The summed E-state index contributed by atoms with van der Waals surface area (Å²) in [6.07, 6.45) is 0. The molecule has 18 heavy (non-hydrogen) atoms. The van der Waals surface area contributed by atoms with Gasteiger partial charge in [0.15, 0.2) is 0 Å². The summed E-state index contributed by atoms with van der Waals surface area (Å²) >= 11 is 5.94. The minimum absolute atomic E-state index is 0.0637. The van der Waals surface area contributed by atoms with E-state index in [-0.39, 0.29) is 10.8 Å². The van der Waals surface area contributed by atoms with E-state index in [0.717, 1.165) is 32.7 Å². The van der Waals surface area contributed by atoms with Gasteiger partial charge in [-0.1, -0.05) is 17.7 Å². The summed E-state index contributed by atoms with van der Waals surface area (Å²) in [6.45, 7) is 5.84. The van der Waals surface area contributed by atoms with Crippen molar-refractivity contribution in [2.75, 3.05) is 46.4 Å². The second-order valence-electron chi connectivity index (χ2n) is 4.58. The third kappa shape index (κ3) is 3.51. The number of phenolic OH excluding ortho intramolecular Hbond substituents is 1. The van der Waals surface area contributed by atoms with Crippen molar-refractivity contribution in [2.24, 2.45) is 0 Å². The molecule has 1 aromatic carbocycles. The average molecular weight is 271 g/mol. The molecule has 0 radical (unpaired) electrons. The number of hydrogen-bond acceptors (Lipinski definition) is 4. The zero-order valence-electron chi connectivity index (χ0n) is 10.6. The maximum atomic E-state index is 9.45. The van der Waals surface area contributed by atoms with Crippen molar-refractivity contribution in [1.29, 1.82) is 0 Å². The number of likely N-dealkylation sites (N-methyl/N-ethyl adjacent to an activating group) is 1. The van der Waals surface area contributed by atoms with Crippen LogP contribution in [0.5, 0.6) is 11.5 Å². The van der Waals surface area contributed by atoms with Crippen molar-refractivity contribution >= 4 is 11.6 Å². The molecule has 5 heteroatoms. The number of halogens is 1. The number of ether oxygens (including phenoxy) is 1. The standard InChI is InChI=1S/C13H19ClN2O2/c1-15-5-7-16(8-6-15)9-10-18-12-4-2-3-11(17)13(12)14/h2-4,17H,5-10H2,1H3. The number of nitrogens with zero attached hydrogens (tertiary/aromatic N) is 2. The zero-order valence-corrected chi connectivity index (χ0v) is 11.4. The molecule has 0 aliphatic carbocycles. The summed E-state index contributed by atoms with van der Waals surface area (Å²) in [7, 11) is 2.14. The molecule has 100 valence electrons. The van der Waals surface area contributed by atoms with Crippen molar-refractivity contribution in [3.05, 3.63) is 23.2 Å². The largest absolute Gasteiger partial charge is 0.506 e. The van der Waals surface area contributed by atoms with Gasteiger partial charge in [-0.2, -0.15) is 0 Å². The van der Waals surface area contributed by atoms with Crippen LogP contribution in [-0.2, 0) is 0 Å². The van der Waals surface area contributed by atoms with Crippen molar-refractivity contribution < 1.29 is 9.84 Å². The van der Waals surface area contributed by atoms with E-state index < -0.39 is 0 Å². The highest BCUT2D eigenvalue weighted by Crippen LogP contribution is 2.32. The fourth-order valence-corrected chi connectivity index (χ4v) is 2.15. The van der Waals surface area contributed by atoms with Gasteiger partial charge in [-0.25, -0.2) is 0 Å². The number of rotatable bonds is 4. The van der Waals surface area contributed by atoms with Gasteiger partial charge in [0.05, 0.1) is 0 Å². The Morgan fingerprint density at radius 2 is 2.00 bits per heavy atom. The highest BCUT2D eigenvalue weighted by atomic mass is 35.5. The Morgan fingerprint density at radius 3 is 2.72 bits per heavy atom. The molecule has 1 N–H and O–H groups in total. The lowest BCUT2D eigenvalue weighted by molar-refractivity contribution is 0.133. The summed E-state index contributed by atoms with van der Waals surface area (Å²) < 4.78 is 5.60. The van der Waals surface area contributed by atoms with E-state index in [1.165, 1.54) is 0 Å². The van der Waals surface area contributed by atoms with Crippen LogP contribution < -0.4 is 4.74 Å². The molecule has 0 bridgehead atoms. The van der Waals surface area contributed by atoms with Crippen molar-refractivity contribution in [2.45, 2.75) is 0 Å². The van der Waals surface area contributed by atoms with Gasteiger partial charge in [0.2, 0.25) is 0 Å². The molecule has 1 heterocycles. The van der Waals surface area contributed by atoms with Crippen LogP contribution in [-0.4, -0.2) is 61.3 Å². The van der Waals surface area contributed by atoms with E-state index in [4.69, 9.17) is 16.3 Å². The molecule has 0 amide bonds. The first kappa shape index (κ1) is 13.5. The molecule has 0 unspecified atom stereocenters.